The van der Waals surface area contributed by atoms with Crippen LogP contribution in [0.15, 0.2) is 84.9 Å². The van der Waals surface area contributed by atoms with Gasteiger partial charge in [-0.25, -0.2) is 0 Å². The van der Waals surface area contributed by atoms with Crippen LogP contribution in [0.5, 0.6) is 0 Å². The molecule has 2 N–H and O–H groups in total. The van der Waals surface area contributed by atoms with Crippen LogP contribution in [-0.2, 0) is 0 Å². The number of aryl methyl sites for hydroxylation is 1. The average Bonchev–Trinajstić information content (AvgIpc) is 2.66. The van der Waals surface area contributed by atoms with Crippen molar-refractivity contribution in [3.05, 3.63) is 107 Å². The van der Waals surface area contributed by atoms with Crippen molar-refractivity contribution in [3.8, 4) is 0 Å². The van der Waals surface area contributed by atoms with E-state index in [0.29, 0.717) is 0 Å². The molecule has 0 fully saturated rings. The van der Waals surface area contributed by atoms with Gasteiger partial charge in [-0.15, -0.1) is 0 Å². The van der Waals surface area contributed by atoms with Crippen molar-refractivity contribution in [2.45, 2.75) is 13.8 Å². The molecule has 0 aliphatic carbocycles. The molecule has 0 heterocycles. The summed E-state index contributed by atoms with van der Waals surface area (Å²) in [5.41, 5.74) is 10.7. The molecule has 3 aromatic carbocycles. The van der Waals surface area contributed by atoms with E-state index in [1.807, 2.05) is 85.8 Å². The van der Waals surface area contributed by atoms with Gasteiger partial charge in [-0.2, -0.15) is 0 Å². The first-order chi connectivity index (χ1) is 12.1. The maximum Gasteiger partial charge on any atom is 0.185 e. The van der Waals surface area contributed by atoms with Crippen LogP contribution in [-0.4, -0.2) is 5.78 Å². The third kappa shape index (κ3) is 5.78. The number of benzene rings is 3. The van der Waals surface area contributed by atoms with Crippen LogP contribution in [0.3, 0.4) is 0 Å². The number of allylic oxidation sites excluding steroid dienone is 1. The van der Waals surface area contributed by atoms with E-state index in [-0.39, 0.29) is 5.78 Å². The molecule has 0 aliphatic heterocycles. The lowest BCUT2D eigenvalue weighted by molar-refractivity contribution is 0.104. The molecule has 0 spiro atoms. The molecule has 0 saturated carbocycles. The fraction of sp³-hybridized carbons (Fsp3) is 0.0870. The van der Waals surface area contributed by atoms with Gasteiger partial charge in [0.05, 0.1) is 0 Å². The molecular weight excluding hydrogens is 306 g/mol. The van der Waals surface area contributed by atoms with Gasteiger partial charge in [-0.05, 0) is 42.7 Å². The van der Waals surface area contributed by atoms with Crippen molar-refractivity contribution in [1.29, 1.82) is 0 Å². The highest BCUT2D eigenvalue weighted by atomic mass is 16.1. The van der Waals surface area contributed by atoms with Crippen LogP contribution < -0.4 is 5.73 Å². The quantitative estimate of drug-likeness (QED) is 0.393. The minimum atomic E-state index is 0.0319. The first-order valence-corrected chi connectivity index (χ1v) is 8.22. The van der Waals surface area contributed by atoms with E-state index in [2.05, 4.69) is 13.0 Å². The molecule has 2 nitrogen and oxygen atoms in total. The van der Waals surface area contributed by atoms with Crippen molar-refractivity contribution in [1.82, 2.24) is 0 Å². The standard InChI is InChI=1S/C15H12O.C8H11N/c16-15(14-9-5-2-6-10-14)12-11-13-7-3-1-4-8-13;1-6-4-3-5-8(9)7(6)2/h1-12H;3-5H,9H2,1-2H3. The van der Waals surface area contributed by atoms with Crippen LogP contribution in [0.1, 0.15) is 27.0 Å². The van der Waals surface area contributed by atoms with E-state index in [4.69, 9.17) is 5.73 Å². The number of hydrogen-bond acceptors (Lipinski definition) is 2. The molecule has 25 heavy (non-hydrogen) atoms. The Labute approximate surface area is 149 Å². The molecule has 0 radical (unpaired) electrons. The monoisotopic (exact) mass is 329 g/mol. The summed E-state index contributed by atoms with van der Waals surface area (Å²) in [4.78, 5) is 11.7. The lowest BCUT2D eigenvalue weighted by atomic mass is 10.1. The predicted molar refractivity (Wildman–Crippen MR) is 107 cm³/mol. The van der Waals surface area contributed by atoms with Crippen molar-refractivity contribution in [2.24, 2.45) is 0 Å². The number of nitrogen functional groups attached to an aromatic ring is 1. The second-order valence-corrected chi connectivity index (χ2v) is 5.76. The van der Waals surface area contributed by atoms with Crippen molar-refractivity contribution >= 4 is 17.5 Å². The minimum absolute atomic E-state index is 0.0319. The Kier molecular flexibility index (Phi) is 6.73. The van der Waals surface area contributed by atoms with Crippen LogP contribution in [0.4, 0.5) is 5.69 Å². The summed E-state index contributed by atoms with van der Waals surface area (Å²) in [6.45, 7) is 4.09. The number of nitrogens with two attached hydrogens (primary N) is 1. The maximum absolute atomic E-state index is 11.7. The molecule has 0 bridgehead atoms. The number of carbonyl (C=O) groups excluding carboxylic acids is 1. The van der Waals surface area contributed by atoms with E-state index >= 15 is 0 Å². The lowest BCUT2D eigenvalue weighted by Gasteiger charge is -2.00. The fourth-order valence-electron chi connectivity index (χ4n) is 2.21. The Bertz CT molecular complexity index is 816. The molecule has 0 amide bonds. The van der Waals surface area contributed by atoms with Gasteiger partial charge in [-0.1, -0.05) is 78.9 Å². The summed E-state index contributed by atoms with van der Waals surface area (Å²) in [7, 11) is 0. The number of hydrogen-bond donors (Lipinski definition) is 1. The van der Waals surface area contributed by atoms with Gasteiger partial charge in [0.1, 0.15) is 0 Å². The van der Waals surface area contributed by atoms with Gasteiger partial charge in [0.15, 0.2) is 5.78 Å². The lowest BCUT2D eigenvalue weighted by Crippen LogP contribution is -1.92. The molecule has 0 aromatic heterocycles. The van der Waals surface area contributed by atoms with Crippen molar-refractivity contribution in [3.63, 3.8) is 0 Å². The van der Waals surface area contributed by atoms with E-state index in [1.165, 1.54) is 11.1 Å². The largest absolute Gasteiger partial charge is 0.399 e. The molecule has 0 saturated heterocycles. The normalized spacial score (nSPS) is 10.2. The highest BCUT2D eigenvalue weighted by Gasteiger charge is 1.98. The van der Waals surface area contributed by atoms with Crippen molar-refractivity contribution < 1.29 is 4.79 Å². The SMILES string of the molecule is Cc1cccc(N)c1C.O=C(C=Cc1ccccc1)c1ccccc1. The number of anilines is 1. The van der Waals surface area contributed by atoms with Gasteiger partial charge in [0.25, 0.3) is 0 Å². The number of carbonyl (C=O) groups is 1. The summed E-state index contributed by atoms with van der Waals surface area (Å²) in [6, 6.07) is 25.0. The summed E-state index contributed by atoms with van der Waals surface area (Å²) in [5.74, 6) is 0.0319. The zero-order valence-electron chi connectivity index (χ0n) is 14.6. The molecular formula is C23H23NO. The van der Waals surface area contributed by atoms with Gasteiger partial charge < -0.3 is 5.73 Å². The molecule has 3 rings (SSSR count). The second-order valence-electron chi connectivity index (χ2n) is 5.76. The molecule has 126 valence electrons. The Balaban J connectivity index is 0.000000212. The Morgan fingerprint density at radius 2 is 1.40 bits per heavy atom. The molecule has 3 aromatic rings. The summed E-state index contributed by atoms with van der Waals surface area (Å²) in [5, 5.41) is 0. The predicted octanol–water partition coefficient (Wildman–Crippen LogP) is 5.47. The fourth-order valence-corrected chi connectivity index (χ4v) is 2.21. The Morgan fingerprint density at radius 1 is 0.800 bits per heavy atom. The van der Waals surface area contributed by atoms with E-state index in [1.54, 1.807) is 6.08 Å². The summed E-state index contributed by atoms with van der Waals surface area (Å²) >= 11 is 0. The van der Waals surface area contributed by atoms with Crippen LogP contribution in [0.2, 0.25) is 0 Å². The Hall–Kier alpha value is -3.13. The first-order valence-electron chi connectivity index (χ1n) is 8.22. The molecule has 0 atom stereocenters. The van der Waals surface area contributed by atoms with Gasteiger partial charge >= 0.3 is 0 Å². The maximum atomic E-state index is 11.7. The van der Waals surface area contributed by atoms with E-state index in [9.17, 15) is 4.79 Å². The average molecular weight is 329 g/mol. The summed E-state index contributed by atoms with van der Waals surface area (Å²) < 4.78 is 0. The van der Waals surface area contributed by atoms with E-state index in [0.717, 1.165) is 16.8 Å². The molecule has 0 unspecified atom stereocenters. The van der Waals surface area contributed by atoms with E-state index < -0.39 is 0 Å². The highest BCUT2D eigenvalue weighted by Crippen LogP contribution is 2.13. The van der Waals surface area contributed by atoms with Crippen molar-refractivity contribution in [2.75, 3.05) is 5.73 Å². The van der Waals surface area contributed by atoms with Gasteiger partial charge in [-0.3, -0.25) is 4.79 Å². The second kappa shape index (κ2) is 9.24. The third-order valence-electron chi connectivity index (χ3n) is 3.93. The third-order valence-corrected chi connectivity index (χ3v) is 3.93. The van der Waals surface area contributed by atoms with Crippen LogP contribution >= 0.6 is 0 Å². The molecule has 2 heteroatoms. The smallest absolute Gasteiger partial charge is 0.185 e. The number of ketones is 1. The first kappa shape index (κ1) is 18.2. The molecule has 0 aliphatic rings. The van der Waals surface area contributed by atoms with Gasteiger partial charge in [0.2, 0.25) is 0 Å². The number of rotatable bonds is 3. The zero-order chi connectivity index (χ0) is 18.1. The summed E-state index contributed by atoms with van der Waals surface area (Å²) in [6.07, 6.45) is 3.43. The minimum Gasteiger partial charge on any atom is -0.399 e. The van der Waals surface area contributed by atoms with Crippen LogP contribution in [0.25, 0.3) is 6.08 Å². The topological polar surface area (TPSA) is 43.1 Å². The Morgan fingerprint density at radius 3 is 1.96 bits per heavy atom. The zero-order valence-corrected chi connectivity index (χ0v) is 14.6. The highest BCUT2D eigenvalue weighted by molar-refractivity contribution is 6.06. The van der Waals surface area contributed by atoms with Crippen LogP contribution in [0, 0.1) is 13.8 Å². The van der Waals surface area contributed by atoms with Gasteiger partial charge in [0, 0.05) is 11.3 Å².